The molecule has 0 aromatic heterocycles. The summed E-state index contributed by atoms with van der Waals surface area (Å²) in [7, 11) is 0. The van der Waals surface area contributed by atoms with Crippen molar-refractivity contribution < 1.29 is 0 Å². The van der Waals surface area contributed by atoms with E-state index in [9.17, 15) is 0 Å². The molecular weight excluding hydrogens is 961 g/mol. The molecule has 80 heavy (non-hydrogen) atoms. The van der Waals surface area contributed by atoms with Crippen molar-refractivity contribution in [2.75, 3.05) is 0 Å². The zero-order chi connectivity index (χ0) is 53.1. The Morgan fingerprint density at radius 3 is 0.762 bits per heavy atom. The normalized spacial score (nSPS) is 12.2. The summed E-state index contributed by atoms with van der Waals surface area (Å²) in [6, 6.07) is 92.0. The molecule has 0 N–H and O–H groups in total. The molecule has 0 spiro atoms. The van der Waals surface area contributed by atoms with Gasteiger partial charge in [-0.25, -0.2) is 0 Å². The van der Waals surface area contributed by atoms with E-state index in [2.05, 4.69) is 270 Å². The zero-order valence-corrected chi connectivity index (χ0v) is 45.1. The van der Waals surface area contributed by atoms with Gasteiger partial charge in [0, 0.05) is 0 Å². The minimum absolute atomic E-state index is 1.22. The van der Waals surface area contributed by atoms with Gasteiger partial charge in [-0.1, -0.05) is 243 Å². The van der Waals surface area contributed by atoms with Crippen LogP contribution < -0.4 is 0 Å². The van der Waals surface area contributed by atoms with Crippen LogP contribution >= 0.6 is 0 Å². The van der Waals surface area contributed by atoms with Crippen molar-refractivity contribution in [3.05, 3.63) is 265 Å². The molecule has 0 atom stereocenters. The van der Waals surface area contributed by atoms with Gasteiger partial charge in [0.2, 0.25) is 0 Å². The molecule has 0 radical (unpaired) electrons. The smallest absolute Gasteiger partial charge is 0.000718 e. The molecule has 0 nitrogen and oxygen atoms in total. The molecule has 0 fully saturated rings. The van der Waals surface area contributed by atoms with Gasteiger partial charge >= 0.3 is 0 Å². The van der Waals surface area contributed by atoms with Crippen LogP contribution in [0, 0.1) is 27.7 Å². The highest BCUT2D eigenvalue weighted by molar-refractivity contribution is 6.42. The third-order valence-electron chi connectivity index (χ3n) is 18.4. The molecule has 0 heterocycles. The molecule has 2 aliphatic rings. The maximum Gasteiger partial charge on any atom is -0.000718 e. The number of rotatable bonds is 6. The van der Waals surface area contributed by atoms with Crippen molar-refractivity contribution in [2.24, 2.45) is 0 Å². The van der Waals surface area contributed by atoms with E-state index in [1.54, 1.807) is 0 Å². The predicted octanol–water partition coefficient (Wildman–Crippen LogP) is 22.6. The molecule has 15 aromatic rings. The van der Waals surface area contributed by atoms with Gasteiger partial charge in [-0.15, -0.1) is 0 Å². The Bertz CT molecular complexity index is 4800. The molecule has 0 heteroatoms. The second kappa shape index (κ2) is 16.8. The van der Waals surface area contributed by atoms with Gasteiger partial charge < -0.3 is 0 Å². The minimum atomic E-state index is 1.22. The number of aryl methyl sites for hydroxylation is 4. The average Bonchev–Trinajstić information content (AvgIpc) is 4.08. The van der Waals surface area contributed by atoms with E-state index in [0.29, 0.717) is 0 Å². The van der Waals surface area contributed by atoms with E-state index in [0.717, 1.165) is 0 Å². The van der Waals surface area contributed by atoms with Gasteiger partial charge in [-0.05, 0) is 226 Å². The third-order valence-corrected chi connectivity index (χ3v) is 18.4. The van der Waals surface area contributed by atoms with Crippen LogP contribution in [0.5, 0.6) is 0 Å². The van der Waals surface area contributed by atoms with Crippen LogP contribution in [0.3, 0.4) is 0 Å². The summed E-state index contributed by atoms with van der Waals surface area (Å²) in [5, 5.41) is 15.7. The summed E-state index contributed by atoms with van der Waals surface area (Å²) in [5.74, 6) is 0. The molecule has 0 amide bonds. The summed E-state index contributed by atoms with van der Waals surface area (Å²) >= 11 is 0. The summed E-state index contributed by atoms with van der Waals surface area (Å²) < 4.78 is 0. The lowest BCUT2D eigenvalue weighted by Crippen LogP contribution is -1.97. The van der Waals surface area contributed by atoms with Crippen LogP contribution in [0.1, 0.15) is 22.3 Å². The number of hydrogen-bond acceptors (Lipinski definition) is 0. The topological polar surface area (TPSA) is 0 Å². The van der Waals surface area contributed by atoms with Crippen molar-refractivity contribution in [1.29, 1.82) is 0 Å². The zero-order valence-electron chi connectivity index (χ0n) is 45.1. The largest absolute Gasteiger partial charge is 0.0622 e. The Morgan fingerprint density at radius 1 is 0.150 bits per heavy atom. The van der Waals surface area contributed by atoms with Crippen molar-refractivity contribution in [1.82, 2.24) is 0 Å². The highest BCUT2D eigenvalue weighted by atomic mass is 14.4. The first kappa shape index (κ1) is 45.2. The molecular formula is C80H52. The van der Waals surface area contributed by atoms with Gasteiger partial charge in [0.15, 0.2) is 0 Å². The first-order valence-corrected chi connectivity index (χ1v) is 28.3. The van der Waals surface area contributed by atoms with E-state index in [1.165, 1.54) is 198 Å². The summed E-state index contributed by atoms with van der Waals surface area (Å²) in [5.41, 5.74) is 31.1. The monoisotopic (exact) mass is 1010 g/mol. The first-order valence-electron chi connectivity index (χ1n) is 28.3. The Balaban J connectivity index is 1.01. The fourth-order valence-electron chi connectivity index (χ4n) is 15.3. The van der Waals surface area contributed by atoms with Crippen LogP contribution in [0.25, 0.3) is 176 Å². The lowest BCUT2D eigenvalue weighted by molar-refractivity contribution is 1.39. The average molecular weight is 1010 g/mol. The van der Waals surface area contributed by atoms with E-state index < -0.39 is 0 Å². The lowest BCUT2D eigenvalue weighted by Gasteiger charge is -2.23. The van der Waals surface area contributed by atoms with Crippen molar-refractivity contribution in [3.8, 4) is 111 Å². The standard InChI is InChI=1S/C80H52/c1-45-21-19-22-46(2)67(45)75-57-35-17-15-33-55(57)71(53-31-13-11-29-51(53)49-25-7-5-8-26-49)77-63-41-37-59-62-40-44-66-74-64(42-38-60(70(62)74)61-39-43-65(79(75)77)73(63)69(59)61)78-72(54-32-14-12-30-52(54)50-27-9-6-10-28-50)56-34-16-18-36-58(56)76(80(66)78)68-47(3)23-20-24-48(68)4/h5-44H,1-4H3. The maximum absolute atomic E-state index is 2.49. The highest BCUT2D eigenvalue weighted by Crippen LogP contribution is 2.64. The molecule has 15 aromatic carbocycles. The lowest BCUT2D eigenvalue weighted by atomic mass is 9.79. The van der Waals surface area contributed by atoms with E-state index >= 15 is 0 Å². The predicted molar refractivity (Wildman–Crippen MR) is 343 cm³/mol. The second-order valence-corrected chi connectivity index (χ2v) is 22.6. The van der Waals surface area contributed by atoms with Gasteiger partial charge in [-0.3, -0.25) is 0 Å². The van der Waals surface area contributed by atoms with E-state index in [1.807, 2.05) is 0 Å². The Hall–Kier alpha value is -9.88. The van der Waals surface area contributed by atoms with Gasteiger partial charge in [0.05, 0.1) is 0 Å². The van der Waals surface area contributed by atoms with Gasteiger partial charge in [-0.2, -0.15) is 0 Å². The maximum atomic E-state index is 2.49. The van der Waals surface area contributed by atoms with Crippen molar-refractivity contribution >= 4 is 64.6 Å². The fourth-order valence-corrected chi connectivity index (χ4v) is 15.3. The quantitative estimate of drug-likeness (QED) is 0.115. The second-order valence-electron chi connectivity index (χ2n) is 22.6. The van der Waals surface area contributed by atoms with E-state index in [4.69, 9.17) is 0 Å². The Labute approximate surface area is 465 Å². The van der Waals surface area contributed by atoms with Crippen LogP contribution in [-0.4, -0.2) is 0 Å². The van der Waals surface area contributed by atoms with Crippen LogP contribution in [0.2, 0.25) is 0 Å². The SMILES string of the molecule is Cc1cccc(C)c1-c1c2c(c(-c3ccccc3-c3ccccc3)c3ccccc13)-c1ccc3c4ccc5c6c(ccc(c7ccc-2c1c37)c64)-c1c-5c(-c2c(C)cccc2C)c2ccccc2c1-c1ccccc1-c1ccccc1. The molecule has 0 saturated heterocycles. The van der Waals surface area contributed by atoms with Gasteiger partial charge in [0.1, 0.15) is 0 Å². The van der Waals surface area contributed by atoms with Gasteiger partial charge in [0.25, 0.3) is 0 Å². The molecule has 0 unspecified atom stereocenters. The highest BCUT2D eigenvalue weighted by Gasteiger charge is 2.36. The molecule has 0 saturated carbocycles. The van der Waals surface area contributed by atoms with E-state index in [-0.39, 0.29) is 0 Å². The Kier molecular flexibility index (Phi) is 9.49. The number of fused-ring (bicyclic) bond motifs is 10. The molecule has 0 aliphatic heterocycles. The van der Waals surface area contributed by atoms with Crippen LogP contribution in [0.15, 0.2) is 243 Å². The molecule has 17 rings (SSSR count). The first-order chi connectivity index (χ1) is 39.4. The minimum Gasteiger partial charge on any atom is -0.0622 e. The van der Waals surface area contributed by atoms with Crippen molar-refractivity contribution in [3.63, 3.8) is 0 Å². The van der Waals surface area contributed by atoms with Crippen LogP contribution in [0.4, 0.5) is 0 Å². The number of benzene rings is 15. The summed E-state index contributed by atoms with van der Waals surface area (Å²) in [6.07, 6.45) is 0. The summed E-state index contributed by atoms with van der Waals surface area (Å²) in [4.78, 5) is 0. The summed E-state index contributed by atoms with van der Waals surface area (Å²) in [6.45, 7) is 9.18. The Morgan fingerprint density at radius 2 is 0.425 bits per heavy atom. The van der Waals surface area contributed by atoms with Crippen molar-refractivity contribution in [2.45, 2.75) is 27.7 Å². The molecule has 2 aliphatic carbocycles. The fraction of sp³-hybridized carbons (Fsp3) is 0.0500. The molecule has 0 bridgehead atoms. The molecule has 372 valence electrons. The number of hydrogen-bond donors (Lipinski definition) is 0. The van der Waals surface area contributed by atoms with Crippen LogP contribution in [-0.2, 0) is 0 Å². The third kappa shape index (κ3) is 6.00.